The summed E-state index contributed by atoms with van der Waals surface area (Å²) < 4.78 is 1.17. The van der Waals surface area contributed by atoms with Crippen LogP contribution in [0.4, 0.5) is 0 Å². The molecule has 17 heavy (non-hydrogen) atoms. The molecule has 1 aliphatic carbocycles. The molecular formula is C14H17BrN2. The van der Waals surface area contributed by atoms with Crippen molar-refractivity contribution in [1.29, 1.82) is 0 Å². The zero-order valence-corrected chi connectivity index (χ0v) is 11.8. The average molecular weight is 293 g/mol. The fourth-order valence-electron chi connectivity index (χ4n) is 2.82. The van der Waals surface area contributed by atoms with Crippen LogP contribution in [0.1, 0.15) is 17.7 Å². The van der Waals surface area contributed by atoms with Crippen LogP contribution >= 0.6 is 15.9 Å². The number of nitrogens with one attached hydrogen (secondary N) is 1. The van der Waals surface area contributed by atoms with Crippen LogP contribution in [-0.2, 0) is 12.8 Å². The van der Waals surface area contributed by atoms with Crippen molar-refractivity contribution in [3.05, 3.63) is 33.9 Å². The van der Waals surface area contributed by atoms with Gasteiger partial charge in [-0.2, -0.15) is 0 Å². The number of likely N-dealkylation sites (N-methyl/N-ethyl adjacent to an activating group) is 1. The number of H-pyrrole nitrogens is 1. The minimum atomic E-state index is 0.680. The van der Waals surface area contributed by atoms with Gasteiger partial charge in [-0.15, -0.1) is 0 Å². The summed E-state index contributed by atoms with van der Waals surface area (Å²) in [6, 6.07) is 7.19. The van der Waals surface area contributed by atoms with Crippen LogP contribution in [-0.4, -0.2) is 30.0 Å². The Hall–Kier alpha value is -0.800. The highest BCUT2D eigenvalue weighted by Crippen LogP contribution is 2.31. The van der Waals surface area contributed by atoms with E-state index >= 15 is 0 Å². The molecule has 0 radical (unpaired) electrons. The van der Waals surface area contributed by atoms with Gasteiger partial charge < -0.3 is 9.88 Å². The minimum absolute atomic E-state index is 0.680. The van der Waals surface area contributed by atoms with E-state index in [1.165, 1.54) is 39.5 Å². The third-order valence-corrected chi connectivity index (χ3v) is 4.35. The first-order chi connectivity index (χ1) is 8.15. The number of aromatic nitrogens is 1. The molecule has 0 saturated carbocycles. The lowest BCUT2D eigenvalue weighted by atomic mass is 9.91. The molecular weight excluding hydrogens is 276 g/mol. The van der Waals surface area contributed by atoms with Crippen molar-refractivity contribution in [2.45, 2.75) is 25.3 Å². The van der Waals surface area contributed by atoms with Crippen molar-refractivity contribution < 1.29 is 0 Å². The first kappa shape index (κ1) is 11.3. The summed E-state index contributed by atoms with van der Waals surface area (Å²) in [5, 5.41) is 1.39. The molecule has 0 spiro atoms. The second-order valence-corrected chi connectivity index (χ2v) is 6.05. The Morgan fingerprint density at radius 1 is 1.35 bits per heavy atom. The fraction of sp³-hybridized carbons (Fsp3) is 0.429. The first-order valence-electron chi connectivity index (χ1n) is 6.10. The van der Waals surface area contributed by atoms with E-state index in [2.05, 4.69) is 58.1 Å². The maximum atomic E-state index is 3.58. The molecule has 1 aromatic carbocycles. The van der Waals surface area contributed by atoms with Crippen LogP contribution in [0.15, 0.2) is 22.7 Å². The Morgan fingerprint density at radius 2 is 2.18 bits per heavy atom. The third kappa shape index (κ3) is 1.91. The summed E-state index contributed by atoms with van der Waals surface area (Å²) >= 11 is 3.56. The maximum absolute atomic E-state index is 3.58. The smallest absolute Gasteiger partial charge is 0.0459 e. The van der Waals surface area contributed by atoms with Crippen molar-refractivity contribution in [3.63, 3.8) is 0 Å². The highest BCUT2D eigenvalue weighted by Gasteiger charge is 2.23. The Balaban J connectivity index is 2.07. The molecule has 0 saturated heterocycles. The molecule has 3 heteroatoms. The zero-order valence-electron chi connectivity index (χ0n) is 10.3. The molecule has 1 heterocycles. The SMILES string of the molecule is CN(C)[C@H]1CCc2c([nH]c3ccc(Br)cc23)C1. The van der Waals surface area contributed by atoms with Gasteiger partial charge in [0.05, 0.1) is 0 Å². The van der Waals surface area contributed by atoms with E-state index in [9.17, 15) is 0 Å². The normalized spacial score (nSPS) is 19.9. The predicted molar refractivity (Wildman–Crippen MR) is 75.5 cm³/mol. The number of fused-ring (bicyclic) bond motifs is 3. The number of rotatable bonds is 1. The lowest BCUT2D eigenvalue weighted by molar-refractivity contribution is 0.267. The van der Waals surface area contributed by atoms with E-state index in [1.807, 2.05) is 0 Å². The summed E-state index contributed by atoms with van der Waals surface area (Å²) in [4.78, 5) is 5.92. The maximum Gasteiger partial charge on any atom is 0.0459 e. The molecule has 0 amide bonds. The summed E-state index contributed by atoms with van der Waals surface area (Å²) in [6.45, 7) is 0. The minimum Gasteiger partial charge on any atom is -0.358 e. The second-order valence-electron chi connectivity index (χ2n) is 5.13. The number of aromatic amines is 1. The summed E-state index contributed by atoms with van der Waals surface area (Å²) in [6.07, 6.45) is 3.60. The summed E-state index contributed by atoms with van der Waals surface area (Å²) in [5.74, 6) is 0. The van der Waals surface area contributed by atoms with Gasteiger partial charge in [0, 0.05) is 33.5 Å². The third-order valence-electron chi connectivity index (χ3n) is 3.85. The topological polar surface area (TPSA) is 19.0 Å². The van der Waals surface area contributed by atoms with E-state index in [0.29, 0.717) is 6.04 Å². The predicted octanol–water partition coefficient (Wildman–Crippen LogP) is 3.35. The molecule has 2 aromatic rings. The van der Waals surface area contributed by atoms with Gasteiger partial charge in [0.15, 0.2) is 0 Å². The summed E-state index contributed by atoms with van der Waals surface area (Å²) in [5.41, 5.74) is 4.24. The Kier molecular flexibility index (Phi) is 2.75. The average Bonchev–Trinajstić information content (AvgIpc) is 2.66. The molecule has 0 fully saturated rings. The van der Waals surface area contributed by atoms with E-state index in [0.717, 1.165) is 6.42 Å². The molecule has 0 bridgehead atoms. The van der Waals surface area contributed by atoms with Crippen LogP contribution in [0.3, 0.4) is 0 Å². The van der Waals surface area contributed by atoms with Gasteiger partial charge >= 0.3 is 0 Å². The number of hydrogen-bond donors (Lipinski definition) is 1. The van der Waals surface area contributed by atoms with Crippen LogP contribution in [0, 0.1) is 0 Å². The van der Waals surface area contributed by atoms with E-state index in [1.54, 1.807) is 0 Å². The number of hydrogen-bond acceptors (Lipinski definition) is 1. The van der Waals surface area contributed by atoms with Gasteiger partial charge in [-0.25, -0.2) is 0 Å². The highest BCUT2D eigenvalue weighted by molar-refractivity contribution is 9.10. The van der Waals surface area contributed by atoms with Crippen molar-refractivity contribution in [2.75, 3.05) is 14.1 Å². The van der Waals surface area contributed by atoms with Gasteiger partial charge in [-0.05, 0) is 50.7 Å². The Labute approximate surface area is 110 Å². The van der Waals surface area contributed by atoms with E-state index in [-0.39, 0.29) is 0 Å². The largest absolute Gasteiger partial charge is 0.358 e. The van der Waals surface area contributed by atoms with Crippen LogP contribution in [0.25, 0.3) is 10.9 Å². The van der Waals surface area contributed by atoms with Gasteiger partial charge in [-0.1, -0.05) is 15.9 Å². The fourth-order valence-corrected chi connectivity index (χ4v) is 3.19. The van der Waals surface area contributed by atoms with E-state index < -0.39 is 0 Å². The van der Waals surface area contributed by atoms with Crippen molar-refractivity contribution in [2.24, 2.45) is 0 Å². The standard InChI is InChI=1S/C14H17BrN2/c1-17(2)10-4-5-11-12-7-9(15)3-6-13(12)16-14(11)8-10/h3,6-7,10,16H,4-5,8H2,1-2H3/t10-/m0/s1. The van der Waals surface area contributed by atoms with Gasteiger partial charge in [-0.3, -0.25) is 0 Å². The molecule has 3 rings (SSSR count). The molecule has 1 aromatic heterocycles. The molecule has 0 aliphatic heterocycles. The lowest BCUT2D eigenvalue weighted by Crippen LogP contribution is -2.33. The van der Waals surface area contributed by atoms with Crippen molar-refractivity contribution >= 4 is 26.8 Å². The van der Waals surface area contributed by atoms with Gasteiger partial charge in [0.25, 0.3) is 0 Å². The van der Waals surface area contributed by atoms with Gasteiger partial charge in [0.2, 0.25) is 0 Å². The monoisotopic (exact) mass is 292 g/mol. The van der Waals surface area contributed by atoms with Crippen LogP contribution in [0.2, 0.25) is 0 Å². The molecule has 0 unspecified atom stereocenters. The van der Waals surface area contributed by atoms with Crippen LogP contribution in [0.5, 0.6) is 0 Å². The van der Waals surface area contributed by atoms with Gasteiger partial charge in [0.1, 0.15) is 0 Å². The second kappa shape index (κ2) is 4.14. The van der Waals surface area contributed by atoms with Crippen LogP contribution < -0.4 is 0 Å². The zero-order chi connectivity index (χ0) is 12.0. The molecule has 1 aliphatic rings. The number of halogens is 1. The summed E-state index contributed by atoms with van der Waals surface area (Å²) in [7, 11) is 4.35. The van der Waals surface area contributed by atoms with Crippen molar-refractivity contribution in [3.8, 4) is 0 Å². The molecule has 1 atom stereocenters. The molecule has 1 N–H and O–H groups in total. The van der Waals surface area contributed by atoms with Crippen molar-refractivity contribution in [1.82, 2.24) is 9.88 Å². The quantitative estimate of drug-likeness (QED) is 0.854. The number of benzene rings is 1. The number of nitrogens with zero attached hydrogens (tertiary/aromatic N) is 1. The molecule has 90 valence electrons. The lowest BCUT2D eigenvalue weighted by Gasteiger charge is -2.28. The molecule has 2 nitrogen and oxygen atoms in total. The Bertz CT molecular complexity index is 557. The Morgan fingerprint density at radius 3 is 2.94 bits per heavy atom. The van der Waals surface area contributed by atoms with E-state index in [4.69, 9.17) is 0 Å². The number of aryl methyl sites for hydroxylation is 1. The highest BCUT2D eigenvalue weighted by atomic mass is 79.9. The first-order valence-corrected chi connectivity index (χ1v) is 6.90.